The summed E-state index contributed by atoms with van der Waals surface area (Å²) >= 11 is 0. The molecule has 3 aromatic rings. The van der Waals surface area contributed by atoms with E-state index in [1.165, 1.54) is 17.0 Å². The Labute approximate surface area is 176 Å². The van der Waals surface area contributed by atoms with E-state index in [1.54, 1.807) is 6.07 Å². The monoisotopic (exact) mass is 428 g/mol. The van der Waals surface area contributed by atoms with Crippen molar-refractivity contribution in [1.82, 2.24) is 10.1 Å². The van der Waals surface area contributed by atoms with Crippen LogP contribution in [0.1, 0.15) is 39.3 Å². The van der Waals surface area contributed by atoms with Crippen LogP contribution in [0.4, 0.5) is 13.2 Å². The number of alkyl halides is 3. The lowest BCUT2D eigenvalue weighted by atomic mass is 9.89. The van der Waals surface area contributed by atoms with Crippen LogP contribution in [0.2, 0.25) is 0 Å². The first-order valence-corrected chi connectivity index (χ1v) is 9.86. The number of carbonyl (C=O) groups is 2. The lowest BCUT2D eigenvalue weighted by Crippen LogP contribution is -2.42. The Bertz CT molecular complexity index is 1090. The molecule has 1 atom stereocenters. The fourth-order valence-corrected chi connectivity index (χ4v) is 3.74. The van der Waals surface area contributed by atoms with Crippen LogP contribution in [-0.4, -0.2) is 34.8 Å². The van der Waals surface area contributed by atoms with Gasteiger partial charge in [-0.05, 0) is 25.0 Å². The van der Waals surface area contributed by atoms with Crippen molar-refractivity contribution < 1.29 is 27.3 Å². The van der Waals surface area contributed by atoms with Gasteiger partial charge in [0, 0.05) is 36.2 Å². The number of rotatable bonds is 4. The molecule has 160 valence electrons. The highest BCUT2D eigenvalue weighted by Gasteiger charge is 2.34. The summed E-state index contributed by atoms with van der Waals surface area (Å²) in [5.74, 6) is -1.30. The first-order valence-electron chi connectivity index (χ1n) is 9.86. The number of benzene rings is 2. The molecule has 0 spiro atoms. The van der Waals surface area contributed by atoms with Gasteiger partial charge in [0.2, 0.25) is 5.76 Å². The van der Waals surface area contributed by atoms with E-state index in [0.29, 0.717) is 25.1 Å². The molecule has 1 fully saturated rings. The minimum Gasteiger partial charge on any atom is -0.350 e. The number of piperidine rings is 1. The van der Waals surface area contributed by atoms with Crippen molar-refractivity contribution in [3.8, 4) is 11.3 Å². The Morgan fingerprint density at radius 1 is 1.03 bits per heavy atom. The molecule has 2 heterocycles. The number of Topliss-reactive ketones (excluding diaryl/α,β-unsaturated/α-hetero) is 1. The van der Waals surface area contributed by atoms with E-state index in [4.69, 9.17) is 4.52 Å². The molecule has 1 saturated heterocycles. The molecule has 31 heavy (non-hydrogen) atoms. The molecule has 1 unspecified atom stereocenters. The van der Waals surface area contributed by atoms with Gasteiger partial charge in [-0.25, -0.2) is 0 Å². The standard InChI is InChI=1S/C23H19F3N2O3/c24-23(25,26)18-10-4-8-16(12-18)21(29)17-9-5-11-28(14-17)22(30)20-13-19(27-31-20)15-6-2-1-3-7-15/h1-4,6-8,10,12-13,17H,5,9,11,14H2. The van der Waals surface area contributed by atoms with Crippen molar-refractivity contribution in [2.45, 2.75) is 19.0 Å². The SMILES string of the molecule is O=C(c1cccc(C(F)(F)F)c1)C1CCCN(C(=O)c2cc(-c3ccccc3)no2)C1. The summed E-state index contributed by atoms with van der Waals surface area (Å²) < 4.78 is 44.1. The predicted octanol–water partition coefficient (Wildman–Crippen LogP) is 5.10. The van der Waals surface area contributed by atoms with Crippen molar-refractivity contribution in [1.29, 1.82) is 0 Å². The zero-order valence-electron chi connectivity index (χ0n) is 16.4. The van der Waals surface area contributed by atoms with Crippen molar-refractivity contribution in [3.63, 3.8) is 0 Å². The average molecular weight is 428 g/mol. The van der Waals surface area contributed by atoms with Gasteiger partial charge in [0.1, 0.15) is 5.69 Å². The normalized spacial score (nSPS) is 16.9. The highest BCUT2D eigenvalue weighted by Crippen LogP contribution is 2.31. The van der Waals surface area contributed by atoms with E-state index in [-0.39, 0.29) is 17.9 Å². The van der Waals surface area contributed by atoms with Crippen molar-refractivity contribution >= 4 is 11.7 Å². The number of ketones is 1. The number of carbonyl (C=O) groups excluding carboxylic acids is 2. The van der Waals surface area contributed by atoms with Crippen molar-refractivity contribution in [3.05, 3.63) is 77.6 Å². The molecule has 1 aromatic heterocycles. The van der Waals surface area contributed by atoms with Gasteiger partial charge in [0.05, 0.1) is 5.56 Å². The van der Waals surface area contributed by atoms with Crippen LogP contribution in [0, 0.1) is 5.92 Å². The topological polar surface area (TPSA) is 63.4 Å². The zero-order valence-corrected chi connectivity index (χ0v) is 16.4. The molecule has 5 nitrogen and oxygen atoms in total. The molecular weight excluding hydrogens is 409 g/mol. The van der Waals surface area contributed by atoms with E-state index >= 15 is 0 Å². The Hall–Kier alpha value is -3.42. The Morgan fingerprint density at radius 2 is 1.81 bits per heavy atom. The van der Waals surface area contributed by atoms with Crippen LogP contribution in [0.5, 0.6) is 0 Å². The van der Waals surface area contributed by atoms with Crippen LogP contribution in [0.3, 0.4) is 0 Å². The summed E-state index contributed by atoms with van der Waals surface area (Å²) in [6.45, 7) is 0.557. The molecule has 0 radical (unpaired) electrons. The average Bonchev–Trinajstić information content (AvgIpc) is 3.29. The molecule has 1 amide bonds. The third-order valence-corrected chi connectivity index (χ3v) is 5.34. The van der Waals surface area contributed by atoms with Gasteiger partial charge in [0.15, 0.2) is 5.78 Å². The largest absolute Gasteiger partial charge is 0.416 e. The van der Waals surface area contributed by atoms with E-state index in [0.717, 1.165) is 17.7 Å². The van der Waals surface area contributed by atoms with E-state index in [2.05, 4.69) is 5.16 Å². The summed E-state index contributed by atoms with van der Waals surface area (Å²) in [7, 11) is 0. The Kier molecular flexibility index (Phi) is 5.63. The fraction of sp³-hybridized carbons (Fsp3) is 0.261. The molecule has 0 aliphatic carbocycles. The maximum Gasteiger partial charge on any atom is 0.416 e. The van der Waals surface area contributed by atoms with Gasteiger partial charge >= 0.3 is 6.18 Å². The van der Waals surface area contributed by atoms with Gasteiger partial charge in [-0.3, -0.25) is 9.59 Å². The second kappa shape index (κ2) is 8.37. The van der Waals surface area contributed by atoms with Gasteiger partial charge in [-0.2, -0.15) is 13.2 Å². The van der Waals surface area contributed by atoms with Crippen LogP contribution >= 0.6 is 0 Å². The van der Waals surface area contributed by atoms with Crippen LogP contribution in [-0.2, 0) is 6.18 Å². The van der Waals surface area contributed by atoms with E-state index in [1.807, 2.05) is 30.3 Å². The predicted molar refractivity (Wildman–Crippen MR) is 106 cm³/mol. The highest BCUT2D eigenvalue weighted by molar-refractivity contribution is 5.99. The number of likely N-dealkylation sites (tertiary alicyclic amines) is 1. The number of aromatic nitrogens is 1. The quantitative estimate of drug-likeness (QED) is 0.543. The minimum absolute atomic E-state index is 0.000142. The number of halogens is 3. The third kappa shape index (κ3) is 4.52. The van der Waals surface area contributed by atoms with Gasteiger partial charge in [0.25, 0.3) is 5.91 Å². The molecule has 0 N–H and O–H groups in total. The number of hydrogen-bond acceptors (Lipinski definition) is 4. The first-order chi connectivity index (χ1) is 14.8. The first kappa shape index (κ1) is 20.8. The van der Waals surface area contributed by atoms with E-state index < -0.39 is 29.3 Å². The molecular formula is C23H19F3N2O3. The van der Waals surface area contributed by atoms with Crippen molar-refractivity contribution in [2.75, 3.05) is 13.1 Å². The lowest BCUT2D eigenvalue weighted by molar-refractivity contribution is -0.137. The van der Waals surface area contributed by atoms with Gasteiger partial charge < -0.3 is 9.42 Å². The second-order valence-corrected chi connectivity index (χ2v) is 7.48. The summed E-state index contributed by atoms with van der Waals surface area (Å²) in [5.41, 5.74) is 0.469. The molecule has 2 aromatic carbocycles. The fourth-order valence-electron chi connectivity index (χ4n) is 3.74. The van der Waals surface area contributed by atoms with Crippen LogP contribution < -0.4 is 0 Å². The Morgan fingerprint density at radius 3 is 2.55 bits per heavy atom. The van der Waals surface area contributed by atoms with Crippen LogP contribution in [0.15, 0.2) is 65.2 Å². The molecule has 8 heteroatoms. The molecule has 0 saturated carbocycles. The molecule has 0 bridgehead atoms. The molecule has 1 aliphatic heterocycles. The van der Waals surface area contributed by atoms with Crippen LogP contribution in [0.25, 0.3) is 11.3 Å². The maximum atomic E-state index is 13.0. The summed E-state index contributed by atoms with van der Waals surface area (Å²) in [6.07, 6.45) is -3.45. The maximum absolute atomic E-state index is 13.0. The second-order valence-electron chi connectivity index (χ2n) is 7.48. The van der Waals surface area contributed by atoms with Gasteiger partial charge in [-0.15, -0.1) is 0 Å². The highest BCUT2D eigenvalue weighted by atomic mass is 19.4. The van der Waals surface area contributed by atoms with Crippen molar-refractivity contribution in [2.24, 2.45) is 5.92 Å². The molecule has 4 rings (SSSR count). The summed E-state index contributed by atoms with van der Waals surface area (Å²) in [6, 6.07) is 15.2. The smallest absolute Gasteiger partial charge is 0.350 e. The summed E-state index contributed by atoms with van der Waals surface area (Å²) in [4.78, 5) is 27.2. The summed E-state index contributed by atoms with van der Waals surface area (Å²) in [5, 5.41) is 3.94. The number of nitrogens with zero attached hydrogens (tertiary/aromatic N) is 2. The third-order valence-electron chi connectivity index (χ3n) is 5.34. The lowest BCUT2D eigenvalue weighted by Gasteiger charge is -2.31. The molecule has 1 aliphatic rings. The van der Waals surface area contributed by atoms with Gasteiger partial charge in [-0.1, -0.05) is 47.6 Å². The Balaban J connectivity index is 1.48. The van der Waals surface area contributed by atoms with E-state index in [9.17, 15) is 22.8 Å². The minimum atomic E-state index is -4.52. The number of amides is 1. The zero-order chi connectivity index (χ0) is 22.0. The number of hydrogen-bond donors (Lipinski definition) is 0.